The summed E-state index contributed by atoms with van der Waals surface area (Å²) in [7, 11) is 0. The third-order valence-electron chi connectivity index (χ3n) is 9.36. The van der Waals surface area contributed by atoms with Crippen LogP contribution in [0.1, 0.15) is 0 Å². The van der Waals surface area contributed by atoms with Crippen LogP contribution >= 0.6 is 0 Å². The van der Waals surface area contributed by atoms with Crippen LogP contribution in [0.4, 0.5) is 0 Å². The second-order valence-corrected chi connectivity index (χ2v) is 13.0. The Kier molecular flexibility index (Phi) is 8.86. The van der Waals surface area contributed by atoms with E-state index in [0.717, 1.165) is 61.5 Å². The summed E-state index contributed by atoms with van der Waals surface area (Å²) >= 11 is 0. The topological polar surface area (TPSA) is 64.5 Å². The van der Waals surface area contributed by atoms with Gasteiger partial charge in [-0.15, -0.1) is 0 Å². The maximum absolute atomic E-state index is 5.14. The molecule has 0 aliphatic heterocycles. The molecule has 0 aliphatic carbocycles. The highest BCUT2D eigenvalue weighted by atomic mass is 15.0. The van der Waals surface area contributed by atoms with E-state index in [4.69, 9.17) is 24.9 Å². The fourth-order valence-corrected chi connectivity index (χ4v) is 6.56. The molecule has 0 N–H and O–H groups in total. The van der Waals surface area contributed by atoms with Gasteiger partial charge < -0.3 is 0 Å². The summed E-state index contributed by atoms with van der Waals surface area (Å²) in [5.41, 5.74) is 11.9. The maximum atomic E-state index is 5.14. The standard InChI is InChI=1S/C49H33N5/c1-5-15-34(16-6-1)35-27-29-39(30-28-35)46-50-44(36-17-7-2-8-18-36)33-45(51-46)42-25-13-23-40(31-42)41-24-14-26-43(32-41)49-53-47(37-19-9-3-10-20-37)52-48(54-49)38-21-11-4-12-22-38/h1-33H. The average molecular weight is 692 g/mol. The Balaban J connectivity index is 1.10. The molecule has 0 saturated heterocycles. The molecule has 2 aromatic heterocycles. The first-order valence-corrected chi connectivity index (χ1v) is 17.9. The highest BCUT2D eigenvalue weighted by Crippen LogP contribution is 2.33. The van der Waals surface area contributed by atoms with Crippen LogP contribution in [0.3, 0.4) is 0 Å². The smallest absolute Gasteiger partial charge is 0.164 e. The Labute approximate surface area is 314 Å². The molecule has 54 heavy (non-hydrogen) atoms. The van der Waals surface area contributed by atoms with Crippen molar-refractivity contribution in [2.45, 2.75) is 0 Å². The maximum Gasteiger partial charge on any atom is 0.164 e. The zero-order valence-corrected chi connectivity index (χ0v) is 29.3. The highest BCUT2D eigenvalue weighted by molar-refractivity contribution is 5.78. The van der Waals surface area contributed by atoms with Gasteiger partial charge in [-0.3, -0.25) is 0 Å². The molecule has 0 radical (unpaired) electrons. The van der Waals surface area contributed by atoms with Crippen molar-refractivity contribution in [2.75, 3.05) is 0 Å². The Morgan fingerprint density at radius 1 is 0.185 bits per heavy atom. The van der Waals surface area contributed by atoms with Crippen LogP contribution in [0.25, 0.3) is 90.3 Å². The Hall–Kier alpha value is -7.37. The van der Waals surface area contributed by atoms with Crippen LogP contribution in [-0.2, 0) is 0 Å². The van der Waals surface area contributed by atoms with Crippen molar-refractivity contribution in [2.24, 2.45) is 0 Å². The van der Waals surface area contributed by atoms with Gasteiger partial charge in [0.2, 0.25) is 0 Å². The first-order chi connectivity index (χ1) is 26.7. The minimum absolute atomic E-state index is 0.618. The molecule has 0 unspecified atom stereocenters. The summed E-state index contributed by atoms with van der Waals surface area (Å²) in [6, 6.07) is 68.2. The van der Waals surface area contributed by atoms with Gasteiger partial charge in [0.05, 0.1) is 11.4 Å². The lowest BCUT2D eigenvalue weighted by Crippen LogP contribution is -2.00. The molecule has 0 fully saturated rings. The minimum atomic E-state index is 0.618. The van der Waals surface area contributed by atoms with Crippen LogP contribution < -0.4 is 0 Å². The van der Waals surface area contributed by atoms with Crippen LogP contribution in [0.2, 0.25) is 0 Å². The lowest BCUT2D eigenvalue weighted by Gasteiger charge is -2.12. The summed E-state index contributed by atoms with van der Waals surface area (Å²) in [5, 5.41) is 0. The summed E-state index contributed by atoms with van der Waals surface area (Å²) in [6.07, 6.45) is 0. The van der Waals surface area contributed by atoms with Crippen molar-refractivity contribution in [3.05, 3.63) is 200 Å². The number of hydrogen-bond acceptors (Lipinski definition) is 5. The molecule has 7 aromatic carbocycles. The lowest BCUT2D eigenvalue weighted by atomic mass is 9.99. The summed E-state index contributed by atoms with van der Waals surface area (Å²) in [4.78, 5) is 25.0. The quantitative estimate of drug-likeness (QED) is 0.159. The second-order valence-electron chi connectivity index (χ2n) is 13.0. The van der Waals surface area contributed by atoms with Crippen molar-refractivity contribution in [1.82, 2.24) is 24.9 Å². The number of hydrogen-bond donors (Lipinski definition) is 0. The van der Waals surface area contributed by atoms with Crippen LogP contribution in [-0.4, -0.2) is 24.9 Å². The van der Waals surface area contributed by atoms with Gasteiger partial charge in [0.15, 0.2) is 23.3 Å². The highest BCUT2D eigenvalue weighted by Gasteiger charge is 2.15. The first-order valence-electron chi connectivity index (χ1n) is 17.9. The van der Waals surface area contributed by atoms with Crippen molar-refractivity contribution in [3.8, 4) is 90.3 Å². The van der Waals surface area contributed by atoms with E-state index in [9.17, 15) is 0 Å². The monoisotopic (exact) mass is 691 g/mol. The predicted molar refractivity (Wildman–Crippen MR) is 219 cm³/mol. The number of benzene rings is 7. The van der Waals surface area contributed by atoms with E-state index in [2.05, 4.69) is 115 Å². The van der Waals surface area contributed by atoms with Crippen LogP contribution in [0.15, 0.2) is 200 Å². The number of nitrogens with zero attached hydrogens (tertiary/aromatic N) is 5. The Morgan fingerprint density at radius 3 is 1.04 bits per heavy atom. The van der Waals surface area contributed by atoms with E-state index < -0.39 is 0 Å². The molecular weight excluding hydrogens is 659 g/mol. The van der Waals surface area contributed by atoms with Crippen LogP contribution in [0.5, 0.6) is 0 Å². The van der Waals surface area contributed by atoms with Crippen LogP contribution in [0, 0.1) is 0 Å². The van der Waals surface area contributed by atoms with Gasteiger partial charge in [-0.2, -0.15) is 0 Å². The molecule has 0 saturated carbocycles. The van der Waals surface area contributed by atoms with Gasteiger partial charge in [-0.1, -0.05) is 182 Å². The number of aromatic nitrogens is 5. The van der Waals surface area contributed by atoms with E-state index in [-0.39, 0.29) is 0 Å². The minimum Gasteiger partial charge on any atom is -0.228 e. The van der Waals surface area contributed by atoms with Gasteiger partial charge >= 0.3 is 0 Å². The molecule has 2 heterocycles. The molecule has 9 rings (SSSR count). The van der Waals surface area contributed by atoms with E-state index >= 15 is 0 Å². The Bertz CT molecular complexity index is 2620. The molecule has 5 heteroatoms. The molecule has 0 spiro atoms. The van der Waals surface area contributed by atoms with Gasteiger partial charge in [0, 0.05) is 33.4 Å². The van der Waals surface area contributed by atoms with Gasteiger partial charge in [-0.05, 0) is 40.5 Å². The van der Waals surface area contributed by atoms with Gasteiger partial charge in [0.25, 0.3) is 0 Å². The fourth-order valence-electron chi connectivity index (χ4n) is 6.56. The van der Waals surface area contributed by atoms with E-state index in [1.165, 1.54) is 5.56 Å². The van der Waals surface area contributed by atoms with Gasteiger partial charge in [-0.25, -0.2) is 24.9 Å². The molecule has 0 amide bonds. The third kappa shape index (κ3) is 6.94. The molecule has 254 valence electrons. The third-order valence-corrected chi connectivity index (χ3v) is 9.36. The summed E-state index contributed by atoms with van der Waals surface area (Å²) in [6.45, 7) is 0. The lowest BCUT2D eigenvalue weighted by molar-refractivity contribution is 1.07. The molecular formula is C49H33N5. The summed E-state index contributed by atoms with van der Waals surface area (Å²) in [5.74, 6) is 2.56. The van der Waals surface area contributed by atoms with Crippen molar-refractivity contribution in [3.63, 3.8) is 0 Å². The zero-order chi connectivity index (χ0) is 36.1. The van der Waals surface area contributed by atoms with Crippen molar-refractivity contribution >= 4 is 0 Å². The van der Waals surface area contributed by atoms with Crippen molar-refractivity contribution < 1.29 is 0 Å². The van der Waals surface area contributed by atoms with E-state index in [0.29, 0.717) is 23.3 Å². The predicted octanol–water partition coefficient (Wildman–Crippen LogP) is 12.0. The Morgan fingerprint density at radius 2 is 0.500 bits per heavy atom. The zero-order valence-electron chi connectivity index (χ0n) is 29.3. The molecule has 5 nitrogen and oxygen atoms in total. The average Bonchev–Trinajstić information content (AvgIpc) is 3.27. The number of rotatable bonds is 8. The normalized spacial score (nSPS) is 11.0. The SMILES string of the molecule is c1ccc(-c2ccc(-c3nc(-c4ccccc4)cc(-c4cccc(-c5cccc(-c6nc(-c7ccccc7)nc(-c7ccccc7)n6)c5)c4)n3)cc2)cc1. The van der Waals surface area contributed by atoms with E-state index in [1.54, 1.807) is 0 Å². The molecule has 9 aromatic rings. The summed E-state index contributed by atoms with van der Waals surface area (Å²) < 4.78 is 0. The molecule has 0 bridgehead atoms. The van der Waals surface area contributed by atoms with Crippen molar-refractivity contribution in [1.29, 1.82) is 0 Å². The first kappa shape index (κ1) is 32.5. The largest absolute Gasteiger partial charge is 0.228 e. The van der Waals surface area contributed by atoms with Gasteiger partial charge in [0.1, 0.15) is 0 Å². The van der Waals surface area contributed by atoms with E-state index in [1.807, 2.05) is 84.9 Å². The molecule has 0 aliphatic rings. The fraction of sp³-hybridized carbons (Fsp3) is 0. The second kappa shape index (κ2) is 14.7. The molecule has 0 atom stereocenters.